The predicted octanol–water partition coefficient (Wildman–Crippen LogP) is 10.7. The summed E-state index contributed by atoms with van der Waals surface area (Å²) in [6.45, 7) is 4.73. The van der Waals surface area contributed by atoms with Crippen LogP contribution in [-0.4, -0.2) is 4.98 Å². The monoisotopic (exact) mass is 577 g/mol. The fraction of sp³-hybridized carbons (Fsp3) is 0.0930. The van der Waals surface area contributed by atoms with Gasteiger partial charge in [-0.1, -0.05) is 135 Å². The largest absolute Gasteiger partial charge is 0.457 e. The van der Waals surface area contributed by atoms with Crippen molar-refractivity contribution >= 4 is 10.9 Å². The third-order valence-corrected chi connectivity index (χ3v) is 10.0. The minimum Gasteiger partial charge on any atom is -0.457 e. The normalized spacial score (nSPS) is 15.0. The summed E-state index contributed by atoms with van der Waals surface area (Å²) in [5.41, 5.74) is 12.3. The summed E-state index contributed by atoms with van der Waals surface area (Å²) in [6.07, 6.45) is 0. The molecule has 2 aliphatic rings. The van der Waals surface area contributed by atoms with Crippen LogP contribution in [0.1, 0.15) is 47.2 Å². The van der Waals surface area contributed by atoms with Crippen molar-refractivity contribution < 1.29 is 4.74 Å². The molecule has 0 saturated heterocycles. The predicted molar refractivity (Wildman–Crippen MR) is 183 cm³/mol. The summed E-state index contributed by atoms with van der Waals surface area (Å²) in [4.78, 5) is 5.10. The Morgan fingerprint density at radius 1 is 0.467 bits per heavy atom. The van der Waals surface area contributed by atoms with Crippen LogP contribution in [0.2, 0.25) is 0 Å². The summed E-state index contributed by atoms with van der Waals surface area (Å²) in [5.74, 6) is 1.81. The Hall–Kier alpha value is -5.47. The van der Waals surface area contributed by atoms with E-state index in [1.165, 1.54) is 44.5 Å². The van der Waals surface area contributed by atoms with Crippen molar-refractivity contribution in [3.63, 3.8) is 0 Å². The van der Waals surface area contributed by atoms with Crippen LogP contribution in [0.4, 0.5) is 0 Å². The molecule has 214 valence electrons. The summed E-state index contributed by atoms with van der Waals surface area (Å²) in [7, 11) is 0. The Morgan fingerprint density at radius 2 is 1.04 bits per heavy atom. The average molecular weight is 578 g/mol. The highest BCUT2D eigenvalue weighted by molar-refractivity contribution is 5.97. The van der Waals surface area contributed by atoms with Crippen molar-refractivity contribution in [3.8, 4) is 33.9 Å². The van der Waals surface area contributed by atoms with E-state index in [0.29, 0.717) is 0 Å². The van der Waals surface area contributed by atoms with Gasteiger partial charge in [-0.15, -0.1) is 0 Å². The van der Waals surface area contributed by atoms with Crippen LogP contribution >= 0.6 is 0 Å². The van der Waals surface area contributed by atoms with E-state index in [-0.39, 0.29) is 5.41 Å². The SMILES string of the molecule is CC1(C)c2ccccc2C2(c3ccccc3Oc3ccccc32)c2cc(-c3cc(-c4ccccc4)nc4ccccc34)ccc21. The van der Waals surface area contributed by atoms with Crippen molar-refractivity contribution in [2.24, 2.45) is 0 Å². The third kappa shape index (κ3) is 3.60. The molecule has 0 fully saturated rings. The first-order valence-electron chi connectivity index (χ1n) is 15.6. The fourth-order valence-corrected chi connectivity index (χ4v) is 7.96. The van der Waals surface area contributed by atoms with E-state index in [1.54, 1.807) is 0 Å². The van der Waals surface area contributed by atoms with Gasteiger partial charge in [0.1, 0.15) is 11.5 Å². The van der Waals surface area contributed by atoms with Gasteiger partial charge in [0, 0.05) is 27.5 Å². The summed E-state index contributed by atoms with van der Waals surface area (Å²) in [5, 5.41) is 1.15. The third-order valence-electron chi connectivity index (χ3n) is 10.0. The zero-order valence-corrected chi connectivity index (χ0v) is 25.3. The van der Waals surface area contributed by atoms with Crippen LogP contribution in [0.15, 0.2) is 152 Å². The molecule has 2 heterocycles. The quantitative estimate of drug-likeness (QED) is 0.204. The fourth-order valence-electron chi connectivity index (χ4n) is 7.96. The molecule has 0 unspecified atom stereocenters. The van der Waals surface area contributed by atoms with Gasteiger partial charge in [-0.2, -0.15) is 0 Å². The molecule has 0 amide bonds. The van der Waals surface area contributed by atoms with Crippen LogP contribution in [0.5, 0.6) is 11.5 Å². The van der Waals surface area contributed by atoms with E-state index in [0.717, 1.165) is 33.7 Å². The van der Waals surface area contributed by atoms with Crippen molar-refractivity contribution in [2.75, 3.05) is 0 Å². The Balaban J connectivity index is 1.41. The molecular formula is C43H31NO. The molecule has 0 bridgehead atoms. The Kier molecular flexibility index (Phi) is 5.49. The lowest BCUT2D eigenvalue weighted by Gasteiger charge is -2.50. The number of ether oxygens (including phenoxy) is 1. The highest BCUT2D eigenvalue weighted by Gasteiger charge is 2.52. The minimum atomic E-state index is -0.548. The lowest BCUT2D eigenvalue weighted by atomic mass is 9.53. The van der Waals surface area contributed by atoms with Gasteiger partial charge in [0.2, 0.25) is 0 Å². The molecule has 1 aliphatic heterocycles. The second-order valence-corrected chi connectivity index (χ2v) is 12.7. The average Bonchev–Trinajstić information content (AvgIpc) is 3.10. The number of aromatic nitrogens is 1. The molecule has 0 radical (unpaired) electrons. The Labute approximate surface area is 263 Å². The number of hydrogen-bond acceptors (Lipinski definition) is 2. The van der Waals surface area contributed by atoms with Gasteiger partial charge in [-0.3, -0.25) is 0 Å². The van der Waals surface area contributed by atoms with Crippen molar-refractivity contribution in [1.29, 1.82) is 0 Å². The van der Waals surface area contributed by atoms with Gasteiger partial charge >= 0.3 is 0 Å². The maximum atomic E-state index is 6.62. The highest BCUT2D eigenvalue weighted by atomic mass is 16.5. The second-order valence-electron chi connectivity index (χ2n) is 12.7. The van der Waals surface area contributed by atoms with Crippen molar-refractivity contribution in [2.45, 2.75) is 24.7 Å². The molecule has 1 aromatic heterocycles. The van der Waals surface area contributed by atoms with E-state index < -0.39 is 5.41 Å². The van der Waals surface area contributed by atoms with Crippen LogP contribution in [0, 0.1) is 0 Å². The van der Waals surface area contributed by atoms with Gasteiger partial charge in [0.05, 0.1) is 16.6 Å². The van der Waals surface area contributed by atoms with E-state index in [2.05, 4.69) is 166 Å². The topological polar surface area (TPSA) is 22.1 Å². The van der Waals surface area contributed by atoms with E-state index >= 15 is 0 Å². The van der Waals surface area contributed by atoms with Gasteiger partial charge in [0.25, 0.3) is 0 Å². The van der Waals surface area contributed by atoms with E-state index in [1.807, 2.05) is 0 Å². The van der Waals surface area contributed by atoms with Gasteiger partial charge in [0.15, 0.2) is 0 Å². The molecule has 0 N–H and O–H groups in total. The number of pyridine rings is 1. The van der Waals surface area contributed by atoms with Gasteiger partial charge in [-0.25, -0.2) is 4.98 Å². The van der Waals surface area contributed by atoms with Crippen LogP contribution < -0.4 is 4.74 Å². The molecular weight excluding hydrogens is 546 g/mol. The Bertz CT molecular complexity index is 2240. The maximum Gasteiger partial charge on any atom is 0.132 e. The molecule has 2 nitrogen and oxygen atoms in total. The van der Waals surface area contributed by atoms with Gasteiger partial charge < -0.3 is 4.74 Å². The van der Waals surface area contributed by atoms with Crippen LogP contribution in [-0.2, 0) is 10.8 Å². The Morgan fingerprint density at radius 3 is 1.78 bits per heavy atom. The van der Waals surface area contributed by atoms with E-state index in [4.69, 9.17) is 9.72 Å². The smallest absolute Gasteiger partial charge is 0.132 e. The number of fused-ring (bicyclic) bond motifs is 9. The lowest BCUT2D eigenvalue weighted by Crippen LogP contribution is -2.43. The first kappa shape index (κ1) is 26.0. The van der Waals surface area contributed by atoms with Crippen LogP contribution in [0.25, 0.3) is 33.3 Å². The minimum absolute atomic E-state index is 0.201. The maximum absolute atomic E-state index is 6.62. The summed E-state index contributed by atoms with van der Waals surface area (Å²) >= 11 is 0. The molecule has 2 heteroatoms. The van der Waals surface area contributed by atoms with E-state index in [9.17, 15) is 0 Å². The zero-order valence-electron chi connectivity index (χ0n) is 25.3. The summed E-state index contributed by atoms with van der Waals surface area (Å²) in [6, 6.07) is 54.6. The first-order chi connectivity index (χ1) is 22.1. The molecule has 7 aromatic rings. The molecule has 0 atom stereocenters. The number of hydrogen-bond donors (Lipinski definition) is 0. The number of rotatable bonds is 2. The van der Waals surface area contributed by atoms with Crippen LogP contribution in [0.3, 0.4) is 0 Å². The van der Waals surface area contributed by atoms with Gasteiger partial charge in [-0.05, 0) is 63.7 Å². The molecule has 1 aliphatic carbocycles. The highest BCUT2D eigenvalue weighted by Crippen LogP contribution is 2.61. The standard InChI is InChI=1S/C43H31NO/c1-42(2)32-17-7-8-18-34(32)43(35-19-9-12-22-40(35)45-41-23-13-10-20-36(41)43)37-26-29(24-25-33(37)42)31-27-39(28-14-4-3-5-15-28)44-38-21-11-6-16-30(31)38/h3-27H,1-2H3. The molecule has 9 rings (SSSR count). The second kappa shape index (κ2) is 9.51. The molecule has 45 heavy (non-hydrogen) atoms. The first-order valence-corrected chi connectivity index (χ1v) is 15.6. The summed E-state index contributed by atoms with van der Waals surface area (Å²) < 4.78 is 6.62. The number of para-hydroxylation sites is 3. The molecule has 0 saturated carbocycles. The van der Waals surface area contributed by atoms with Crippen molar-refractivity contribution in [3.05, 3.63) is 185 Å². The zero-order chi connectivity index (χ0) is 30.2. The van der Waals surface area contributed by atoms with Crippen molar-refractivity contribution in [1.82, 2.24) is 4.98 Å². The molecule has 1 spiro atoms. The number of benzene rings is 6. The lowest BCUT2D eigenvalue weighted by molar-refractivity contribution is 0.425. The molecule has 6 aromatic carbocycles. The number of nitrogens with zero attached hydrogens (tertiary/aromatic N) is 1.